The molecule has 4 heteroatoms. The molecule has 0 radical (unpaired) electrons. The van der Waals surface area contributed by atoms with Crippen LogP contribution in [-0.2, 0) is 0 Å². The minimum Gasteiger partial charge on any atom is -0.384 e. The van der Waals surface area contributed by atoms with Crippen molar-refractivity contribution in [3.05, 3.63) is 58.8 Å². The molecule has 0 spiro atoms. The number of aryl methyl sites for hydroxylation is 2. The lowest BCUT2D eigenvalue weighted by Gasteiger charge is -2.09. The van der Waals surface area contributed by atoms with Crippen LogP contribution < -0.4 is 5.32 Å². The maximum absolute atomic E-state index is 12.4. The van der Waals surface area contributed by atoms with E-state index in [1.807, 2.05) is 32.0 Å². The van der Waals surface area contributed by atoms with Crippen molar-refractivity contribution >= 4 is 11.7 Å². The Bertz CT molecular complexity index is 727. The lowest BCUT2D eigenvalue weighted by molar-refractivity contribution is 0.102. The number of aliphatic hydroxyl groups is 1. The Balaban J connectivity index is 2.34. The molecule has 1 amide bonds. The van der Waals surface area contributed by atoms with Crippen LogP contribution in [0.15, 0.2) is 36.5 Å². The number of anilines is 1. The Hall–Kier alpha value is -2.64. The minimum atomic E-state index is -0.261. The van der Waals surface area contributed by atoms with Gasteiger partial charge in [0, 0.05) is 11.8 Å². The molecular formula is C17H16N2O2. The Kier molecular flexibility index (Phi) is 4.70. The largest absolute Gasteiger partial charge is 0.384 e. The van der Waals surface area contributed by atoms with Gasteiger partial charge in [0.05, 0.1) is 5.56 Å². The van der Waals surface area contributed by atoms with Crippen LogP contribution in [0.3, 0.4) is 0 Å². The molecule has 4 nitrogen and oxygen atoms in total. The van der Waals surface area contributed by atoms with Gasteiger partial charge in [-0.05, 0) is 37.6 Å². The first-order valence-electron chi connectivity index (χ1n) is 6.55. The highest BCUT2D eigenvalue weighted by Crippen LogP contribution is 2.15. The summed E-state index contributed by atoms with van der Waals surface area (Å²) in [4.78, 5) is 16.6. The van der Waals surface area contributed by atoms with Crippen molar-refractivity contribution in [3.63, 3.8) is 0 Å². The second-order valence-electron chi connectivity index (χ2n) is 4.63. The van der Waals surface area contributed by atoms with Crippen LogP contribution in [-0.4, -0.2) is 22.6 Å². The third kappa shape index (κ3) is 3.68. The van der Waals surface area contributed by atoms with Crippen molar-refractivity contribution < 1.29 is 9.90 Å². The van der Waals surface area contributed by atoms with E-state index < -0.39 is 0 Å². The molecule has 2 aromatic rings. The number of carbonyl (C=O) groups excluding carboxylic acids is 1. The van der Waals surface area contributed by atoms with Gasteiger partial charge in [0.2, 0.25) is 0 Å². The molecule has 1 aromatic carbocycles. The summed E-state index contributed by atoms with van der Waals surface area (Å²) in [5.41, 5.74) is 2.91. The van der Waals surface area contributed by atoms with Crippen molar-refractivity contribution in [1.82, 2.24) is 4.98 Å². The fourth-order valence-corrected chi connectivity index (χ4v) is 1.88. The van der Waals surface area contributed by atoms with E-state index in [0.29, 0.717) is 16.9 Å². The topological polar surface area (TPSA) is 62.2 Å². The fraction of sp³-hybridized carbons (Fsp3) is 0.176. The van der Waals surface area contributed by atoms with Crippen LogP contribution in [0, 0.1) is 25.7 Å². The molecule has 0 fully saturated rings. The third-order valence-corrected chi connectivity index (χ3v) is 2.96. The summed E-state index contributed by atoms with van der Waals surface area (Å²) in [5.74, 6) is 5.63. The van der Waals surface area contributed by atoms with Gasteiger partial charge in [-0.25, -0.2) is 4.98 Å². The number of benzene rings is 1. The second-order valence-corrected chi connectivity index (χ2v) is 4.63. The average molecular weight is 280 g/mol. The molecule has 0 unspecified atom stereocenters. The van der Waals surface area contributed by atoms with E-state index in [4.69, 9.17) is 5.11 Å². The molecule has 0 saturated heterocycles. The van der Waals surface area contributed by atoms with Crippen molar-refractivity contribution in [2.75, 3.05) is 11.9 Å². The van der Waals surface area contributed by atoms with E-state index in [9.17, 15) is 4.79 Å². The number of carbonyl (C=O) groups is 1. The SMILES string of the molecule is Cc1ccc(C#CCO)c(C(=O)Nc2ncccc2C)c1. The first-order chi connectivity index (χ1) is 10.1. The second kappa shape index (κ2) is 6.69. The average Bonchev–Trinajstić information content (AvgIpc) is 2.48. The van der Waals surface area contributed by atoms with Crippen LogP contribution in [0.2, 0.25) is 0 Å². The summed E-state index contributed by atoms with van der Waals surface area (Å²) in [6.07, 6.45) is 1.63. The molecule has 0 aliphatic rings. The van der Waals surface area contributed by atoms with E-state index in [1.165, 1.54) is 0 Å². The van der Waals surface area contributed by atoms with E-state index in [0.717, 1.165) is 11.1 Å². The third-order valence-electron chi connectivity index (χ3n) is 2.96. The highest BCUT2D eigenvalue weighted by Gasteiger charge is 2.12. The van der Waals surface area contributed by atoms with Crippen LogP contribution in [0.4, 0.5) is 5.82 Å². The van der Waals surface area contributed by atoms with Gasteiger partial charge in [0.1, 0.15) is 12.4 Å². The summed E-state index contributed by atoms with van der Waals surface area (Å²) in [6, 6.07) is 9.12. The number of aliphatic hydroxyl groups excluding tert-OH is 1. The van der Waals surface area contributed by atoms with Crippen LogP contribution in [0.1, 0.15) is 27.0 Å². The van der Waals surface area contributed by atoms with Crippen LogP contribution in [0.25, 0.3) is 0 Å². The number of rotatable bonds is 2. The van der Waals surface area contributed by atoms with Gasteiger partial charge in [0.25, 0.3) is 5.91 Å². The van der Waals surface area contributed by atoms with Gasteiger partial charge in [-0.2, -0.15) is 0 Å². The molecule has 1 aromatic heterocycles. The van der Waals surface area contributed by atoms with Crippen molar-refractivity contribution in [2.24, 2.45) is 0 Å². The zero-order valence-electron chi connectivity index (χ0n) is 12.0. The number of nitrogens with zero attached hydrogens (tertiary/aromatic N) is 1. The van der Waals surface area contributed by atoms with E-state index in [1.54, 1.807) is 18.3 Å². The Morgan fingerprint density at radius 3 is 2.86 bits per heavy atom. The van der Waals surface area contributed by atoms with E-state index in [-0.39, 0.29) is 12.5 Å². The standard InChI is InChI=1S/C17H16N2O2/c1-12-7-8-14(6-4-10-20)15(11-12)17(21)19-16-13(2)5-3-9-18-16/h3,5,7-9,11,20H,10H2,1-2H3,(H,18,19,21). The number of amides is 1. The summed E-state index contributed by atoms with van der Waals surface area (Å²) in [6.45, 7) is 3.55. The summed E-state index contributed by atoms with van der Waals surface area (Å²) in [5, 5.41) is 11.6. The Morgan fingerprint density at radius 2 is 2.14 bits per heavy atom. The zero-order chi connectivity index (χ0) is 15.2. The molecule has 0 atom stereocenters. The molecule has 106 valence electrons. The van der Waals surface area contributed by atoms with E-state index in [2.05, 4.69) is 22.1 Å². The highest BCUT2D eigenvalue weighted by molar-refractivity contribution is 6.06. The van der Waals surface area contributed by atoms with Crippen molar-refractivity contribution in [1.29, 1.82) is 0 Å². The van der Waals surface area contributed by atoms with Gasteiger partial charge in [-0.15, -0.1) is 0 Å². The normalized spacial score (nSPS) is 9.67. The number of nitrogens with one attached hydrogen (secondary N) is 1. The zero-order valence-corrected chi connectivity index (χ0v) is 12.0. The van der Waals surface area contributed by atoms with Gasteiger partial charge in [0.15, 0.2) is 0 Å². The molecule has 2 rings (SSSR count). The Labute approximate surface area is 123 Å². The fourth-order valence-electron chi connectivity index (χ4n) is 1.88. The maximum Gasteiger partial charge on any atom is 0.258 e. The smallest absolute Gasteiger partial charge is 0.258 e. The monoisotopic (exact) mass is 280 g/mol. The number of aromatic nitrogens is 1. The number of hydrogen-bond acceptors (Lipinski definition) is 3. The number of pyridine rings is 1. The van der Waals surface area contributed by atoms with Crippen molar-refractivity contribution in [2.45, 2.75) is 13.8 Å². The van der Waals surface area contributed by atoms with Gasteiger partial charge >= 0.3 is 0 Å². The molecule has 0 aliphatic heterocycles. The lowest BCUT2D eigenvalue weighted by atomic mass is 10.0. The van der Waals surface area contributed by atoms with Crippen LogP contribution >= 0.6 is 0 Å². The van der Waals surface area contributed by atoms with E-state index >= 15 is 0 Å². The quantitative estimate of drug-likeness (QED) is 0.830. The lowest BCUT2D eigenvalue weighted by Crippen LogP contribution is -2.15. The highest BCUT2D eigenvalue weighted by atomic mass is 16.2. The number of hydrogen-bond donors (Lipinski definition) is 2. The molecule has 2 N–H and O–H groups in total. The molecular weight excluding hydrogens is 264 g/mol. The summed E-state index contributed by atoms with van der Waals surface area (Å²) >= 11 is 0. The Morgan fingerprint density at radius 1 is 1.33 bits per heavy atom. The first kappa shape index (κ1) is 14.8. The first-order valence-corrected chi connectivity index (χ1v) is 6.55. The summed E-state index contributed by atoms with van der Waals surface area (Å²) < 4.78 is 0. The van der Waals surface area contributed by atoms with Crippen molar-refractivity contribution in [3.8, 4) is 11.8 Å². The minimum absolute atomic E-state index is 0.242. The molecule has 21 heavy (non-hydrogen) atoms. The summed E-state index contributed by atoms with van der Waals surface area (Å²) in [7, 11) is 0. The predicted molar refractivity (Wildman–Crippen MR) is 82.1 cm³/mol. The van der Waals surface area contributed by atoms with Crippen LogP contribution in [0.5, 0.6) is 0 Å². The van der Waals surface area contributed by atoms with Gasteiger partial charge in [-0.3, -0.25) is 4.79 Å². The molecule has 0 aliphatic carbocycles. The predicted octanol–water partition coefficient (Wildman–Crippen LogP) is 2.29. The van der Waals surface area contributed by atoms with Gasteiger partial charge in [-0.1, -0.05) is 29.5 Å². The molecule has 0 saturated carbocycles. The molecule has 0 bridgehead atoms. The maximum atomic E-state index is 12.4. The molecule has 1 heterocycles. The van der Waals surface area contributed by atoms with Gasteiger partial charge < -0.3 is 10.4 Å².